The molecule has 6 heterocycles. The molecule has 0 aromatic carbocycles. The summed E-state index contributed by atoms with van der Waals surface area (Å²) in [5.41, 5.74) is 7.86. The van der Waals surface area contributed by atoms with Crippen LogP contribution in [0.3, 0.4) is 0 Å². The molecular weight excluding hydrogens is 775 g/mol. The van der Waals surface area contributed by atoms with E-state index in [1.54, 1.807) is 36.9 Å². The van der Waals surface area contributed by atoms with Gasteiger partial charge in [0.25, 0.3) is 0 Å². The molecule has 0 saturated carbocycles. The topological polar surface area (TPSA) is 21.7 Å². The van der Waals surface area contributed by atoms with Gasteiger partial charge in [0.1, 0.15) is 0 Å². The number of unbranched alkanes of at least 4 members (excludes halogenated alkanes) is 8. The van der Waals surface area contributed by atoms with Gasteiger partial charge in [-0.25, -0.2) is 0 Å². The number of hydrogen-bond donors (Lipinski definition) is 0. The lowest BCUT2D eigenvalue weighted by Gasteiger charge is -2.45. The van der Waals surface area contributed by atoms with Crippen molar-refractivity contribution < 1.29 is 9.47 Å². The molecule has 7 heteroatoms. The first kappa shape index (κ1) is 41.8. The van der Waals surface area contributed by atoms with Gasteiger partial charge >= 0.3 is 0 Å². The fourth-order valence-corrected chi connectivity index (χ4v) is 14.9. The Morgan fingerprint density at radius 3 is 2.23 bits per heavy atom. The SMILES string of the molecule is CCCCCCc1cc(-c2sc(C3Cc4sc(C5OCC(C)(C)CO5)cc4S3)cc2CCCCCC)sc1C1=C2C=CC=CC2N(CCCCC)C2CC=CC=C12. The number of thiophene rings is 3. The highest BCUT2D eigenvalue weighted by Crippen LogP contribution is 2.55. The van der Waals surface area contributed by atoms with Gasteiger partial charge in [-0.15, -0.1) is 45.8 Å². The second-order valence-corrected chi connectivity index (χ2v) is 22.3. The van der Waals surface area contributed by atoms with Crippen LogP contribution in [-0.4, -0.2) is 36.7 Å². The molecule has 0 spiro atoms. The molecule has 3 aliphatic heterocycles. The van der Waals surface area contributed by atoms with E-state index in [0.29, 0.717) is 17.3 Å². The Balaban J connectivity index is 1.14. The zero-order chi connectivity index (χ0) is 39.4. The Labute approximate surface area is 360 Å². The van der Waals surface area contributed by atoms with E-state index >= 15 is 0 Å². The van der Waals surface area contributed by atoms with Gasteiger partial charge in [-0.1, -0.05) is 129 Å². The maximum absolute atomic E-state index is 6.19. The molecule has 1 fully saturated rings. The molecule has 2 aliphatic carbocycles. The highest BCUT2D eigenvalue weighted by Gasteiger charge is 2.40. The number of fused-ring (bicyclic) bond motifs is 3. The molecule has 306 valence electrons. The summed E-state index contributed by atoms with van der Waals surface area (Å²) in [6.07, 6.45) is 35.3. The van der Waals surface area contributed by atoms with Crippen LogP contribution in [0.25, 0.3) is 15.3 Å². The zero-order valence-corrected chi connectivity index (χ0v) is 38.5. The van der Waals surface area contributed by atoms with Crippen molar-refractivity contribution in [1.82, 2.24) is 4.90 Å². The summed E-state index contributed by atoms with van der Waals surface area (Å²) < 4.78 is 12.4. The van der Waals surface area contributed by atoms with Crippen LogP contribution >= 0.6 is 45.8 Å². The van der Waals surface area contributed by atoms with Gasteiger partial charge in [0.2, 0.25) is 0 Å². The van der Waals surface area contributed by atoms with Gasteiger partial charge in [0.15, 0.2) is 6.29 Å². The number of aryl methyl sites for hydroxylation is 2. The average molecular weight is 840 g/mol. The van der Waals surface area contributed by atoms with Crippen LogP contribution in [0.2, 0.25) is 0 Å². The summed E-state index contributed by atoms with van der Waals surface area (Å²) in [5.74, 6) is 0. The lowest BCUT2D eigenvalue weighted by atomic mass is 9.78. The Hall–Kier alpha value is -1.97. The van der Waals surface area contributed by atoms with Crippen molar-refractivity contribution in [2.45, 2.75) is 159 Å². The molecule has 3 nitrogen and oxygen atoms in total. The van der Waals surface area contributed by atoms with Crippen molar-refractivity contribution in [2.75, 3.05) is 19.8 Å². The van der Waals surface area contributed by atoms with Gasteiger partial charge in [-0.2, -0.15) is 0 Å². The predicted molar refractivity (Wildman–Crippen MR) is 249 cm³/mol. The first-order chi connectivity index (χ1) is 27.9. The molecule has 0 amide bonds. The number of allylic oxidation sites excluding steroid dienone is 4. The van der Waals surface area contributed by atoms with Crippen LogP contribution in [-0.2, 0) is 28.7 Å². The lowest BCUT2D eigenvalue weighted by molar-refractivity contribution is -0.224. The first-order valence-electron chi connectivity index (χ1n) is 22.4. The molecule has 57 heavy (non-hydrogen) atoms. The van der Waals surface area contributed by atoms with Crippen LogP contribution in [0, 0.1) is 5.41 Å². The van der Waals surface area contributed by atoms with Crippen molar-refractivity contribution in [3.05, 3.63) is 103 Å². The predicted octanol–water partition coefficient (Wildman–Crippen LogP) is 15.3. The van der Waals surface area contributed by atoms with Crippen molar-refractivity contribution >= 4 is 51.3 Å². The number of rotatable bonds is 18. The Kier molecular flexibility index (Phi) is 14.0. The van der Waals surface area contributed by atoms with Crippen molar-refractivity contribution in [2.24, 2.45) is 5.41 Å². The third-order valence-electron chi connectivity index (χ3n) is 12.4. The standard InChI is InChI=1S/C50H65NO2S4/c1-6-9-12-14-21-34-28-40(41-30-42-43(54-41)31-45(55-42)49-52-32-50(4,5)33-53-49)56-47(34)44-29-35(22-15-13-10-7-2)48(57-44)46-36-23-16-18-25-38(36)51(27-20-11-8-3)39-26-19-17-24-37(39)46/h16-19,23-25,28-29,31,38-39,41,49H,6-15,20-22,26-27,30,32-33H2,1-5H3. The molecule has 1 saturated heterocycles. The van der Waals surface area contributed by atoms with Crippen molar-refractivity contribution in [3.8, 4) is 9.75 Å². The summed E-state index contributed by atoms with van der Waals surface area (Å²) >= 11 is 8.21. The highest BCUT2D eigenvalue weighted by molar-refractivity contribution is 8.00. The van der Waals surface area contributed by atoms with Gasteiger partial charge < -0.3 is 9.47 Å². The number of nitrogens with zero attached hydrogens (tertiary/aromatic N) is 1. The number of thioether (sulfide) groups is 1. The second-order valence-electron chi connectivity index (χ2n) is 17.7. The fraction of sp³-hybridized carbons (Fsp3) is 0.560. The van der Waals surface area contributed by atoms with E-state index in [9.17, 15) is 0 Å². The Morgan fingerprint density at radius 2 is 1.49 bits per heavy atom. The van der Waals surface area contributed by atoms with Gasteiger partial charge in [0, 0.05) is 51.6 Å². The van der Waals surface area contributed by atoms with Crippen LogP contribution < -0.4 is 0 Å². The van der Waals surface area contributed by atoms with E-state index < -0.39 is 0 Å². The smallest absolute Gasteiger partial charge is 0.193 e. The fourth-order valence-electron chi connectivity index (χ4n) is 9.29. The third-order valence-corrected chi connectivity index (χ3v) is 17.8. The third kappa shape index (κ3) is 9.36. The van der Waals surface area contributed by atoms with E-state index in [4.69, 9.17) is 9.47 Å². The molecule has 5 aliphatic rings. The quantitative estimate of drug-likeness (QED) is 0.119. The minimum absolute atomic E-state index is 0.0865. The summed E-state index contributed by atoms with van der Waals surface area (Å²) in [6.45, 7) is 14.1. The minimum Gasteiger partial charge on any atom is -0.347 e. The van der Waals surface area contributed by atoms with E-state index in [-0.39, 0.29) is 11.7 Å². The van der Waals surface area contributed by atoms with Crippen molar-refractivity contribution in [3.63, 3.8) is 0 Å². The zero-order valence-electron chi connectivity index (χ0n) is 35.2. The van der Waals surface area contributed by atoms with Crippen LogP contribution in [0.4, 0.5) is 0 Å². The lowest BCUT2D eigenvalue weighted by Crippen LogP contribution is -2.49. The summed E-state index contributed by atoms with van der Waals surface area (Å²) in [7, 11) is 0. The van der Waals surface area contributed by atoms with Crippen LogP contribution in [0.5, 0.6) is 0 Å². The van der Waals surface area contributed by atoms with Gasteiger partial charge in [-0.05, 0) is 92.0 Å². The second kappa shape index (κ2) is 19.2. The van der Waals surface area contributed by atoms with E-state index in [2.05, 4.69) is 135 Å². The molecule has 3 aromatic rings. The molecule has 3 unspecified atom stereocenters. The van der Waals surface area contributed by atoms with Crippen LogP contribution in [0.1, 0.15) is 154 Å². The maximum atomic E-state index is 6.19. The largest absolute Gasteiger partial charge is 0.347 e. The van der Waals surface area contributed by atoms with Gasteiger partial charge in [0.05, 0.1) is 24.1 Å². The van der Waals surface area contributed by atoms with Gasteiger partial charge in [-0.3, -0.25) is 4.90 Å². The summed E-state index contributed by atoms with van der Waals surface area (Å²) in [6, 6.07) is 8.44. The van der Waals surface area contributed by atoms with E-state index in [0.717, 1.165) is 39.0 Å². The molecular formula is C50H65NO2S4. The average Bonchev–Trinajstić information content (AvgIpc) is 4.01. The molecule has 0 radical (unpaired) electrons. The monoisotopic (exact) mass is 839 g/mol. The van der Waals surface area contributed by atoms with E-state index in [1.165, 1.54) is 102 Å². The number of hydrogen-bond acceptors (Lipinski definition) is 7. The van der Waals surface area contributed by atoms with E-state index in [1.807, 2.05) is 11.3 Å². The Bertz CT molecular complexity index is 1970. The summed E-state index contributed by atoms with van der Waals surface area (Å²) in [4.78, 5) is 13.2. The molecule has 3 atom stereocenters. The molecule has 8 rings (SSSR count). The maximum Gasteiger partial charge on any atom is 0.193 e. The highest BCUT2D eigenvalue weighted by atomic mass is 32.2. The first-order valence-corrected chi connectivity index (χ1v) is 25.7. The minimum atomic E-state index is -0.213. The van der Waals surface area contributed by atoms with Crippen molar-refractivity contribution in [1.29, 1.82) is 0 Å². The molecule has 0 N–H and O–H groups in total. The normalized spacial score (nSPS) is 23.0. The van der Waals surface area contributed by atoms with Crippen LogP contribution in [0.15, 0.2) is 76.8 Å². The summed E-state index contributed by atoms with van der Waals surface area (Å²) in [5, 5.41) is 0.482. The number of ether oxygens (including phenoxy) is 2. The Morgan fingerprint density at radius 1 is 0.754 bits per heavy atom. The molecule has 0 bridgehead atoms. The molecule has 3 aromatic heterocycles.